The Morgan fingerprint density at radius 1 is 1.36 bits per heavy atom. The van der Waals surface area contributed by atoms with E-state index in [0.29, 0.717) is 6.42 Å². The van der Waals surface area contributed by atoms with Crippen LogP contribution < -0.4 is 5.73 Å². The largest absolute Gasteiger partial charge is 0.390 e. The second-order valence-corrected chi connectivity index (χ2v) is 3.93. The van der Waals surface area contributed by atoms with Crippen molar-refractivity contribution in [3.8, 4) is 0 Å². The van der Waals surface area contributed by atoms with Gasteiger partial charge in [0.25, 0.3) is 0 Å². The van der Waals surface area contributed by atoms with Gasteiger partial charge in [0.1, 0.15) is 0 Å². The van der Waals surface area contributed by atoms with E-state index in [1.165, 1.54) is 0 Å². The number of alkyl halides is 1. The number of aliphatic hydroxyl groups is 1. The Hall–Kier alpha value is -0.280. The van der Waals surface area contributed by atoms with Crippen LogP contribution >= 0.6 is 24.0 Å². The van der Waals surface area contributed by atoms with Crippen LogP contribution in [0.4, 0.5) is 0 Å². The predicted molar refractivity (Wildman–Crippen MR) is 60.0 cm³/mol. The summed E-state index contributed by atoms with van der Waals surface area (Å²) in [4.78, 5) is 0. The summed E-state index contributed by atoms with van der Waals surface area (Å²) >= 11 is 6.06. The Kier molecular flexibility index (Phi) is 3.78. The fraction of sp³-hybridized carbons (Fsp3) is 0.400. The Labute approximate surface area is 94.5 Å². The van der Waals surface area contributed by atoms with Gasteiger partial charge in [-0.25, -0.2) is 0 Å². The highest BCUT2D eigenvalue weighted by molar-refractivity contribution is 6.21. The van der Waals surface area contributed by atoms with Crippen molar-refractivity contribution in [2.45, 2.75) is 23.9 Å². The van der Waals surface area contributed by atoms with E-state index in [-0.39, 0.29) is 23.8 Å². The molecule has 14 heavy (non-hydrogen) atoms. The number of nitrogens with two attached hydrogens (primary N) is 1. The van der Waals surface area contributed by atoms with Gasteiger partial charge < -0.3 is 10.8 Å². The third-order valence-electron chi connectivity index (χ3n) is 2.55. The van der Waals surface area contributed by atoms with Gasteiger partial charge in [-0.3, -0.25) is 0 Å². The minimum atomic E-state index is -0.628. The Morgan fingerprint density at radius 3 is 2.71 bits per heavy atom. The van der Waals surface area contributed by atoms with Gasteiger partial charge in [-0.2, -0.15) is 0 Å². The average molecular weight is 234 g/mol. The number of hydrogen-bond donors (Lipinski definition) is 2. The lowest BCUT2D eigenvalue weighted by molar-refractivity contribution is 0.132. The van der Waals surface area contributed by atoms with Crippen LogP contribution in [0, 0.1) is 0 Å². The number of aliphatic hydroxyl groups excluding tert-OH is 1. The molecule has 1 aliphatic carbocycles. The monoisotopic (exact) mass is 233 g/mol. The molecule has 1 aromatic rings. The van der Waals surface area contributed by atoms with Crippen molar-refractivity contribution in [2.75, 3.05) is 0 Å². The minimum Gasteiger partial charge on any atom is -0.390 e. The zero-order valence-corrected chi connectivity index (χ0v) is 9.13. The molecule has 0 amide bonds. The predicted octanol–water partition coefficient (Wildman–Crippen LogP) is 1.63. The first-order valence-corrected chi connectivity index (χ1v) is 4.79. The minimum absolute atomic E-state index is 0. The lowest BCUT2D eigenvalue weighted by Crippen LogP contribution is -2.42. The molecular formula is C10H13Cl2NO. The highest BCUT2D eigenvalue weighted by Gasteiger charge is 2.31. The molecular weight excluding hydrogens is 221 g/mol. The summed E-state index contributed by atoms with van der Waals surface area (Å²) in [6.07, 6.45) is 0.0807. The maximum absolute atomic E-state index is 9.64. The maximum atomic E-state index is 9.64. The number of hydrogen-bond acceptors (Lipinski definition) is 2. The van der Waals surface area contributed by atoms with Gasteiger partial charge in [0, 0.05) is 6.04 Å². The Bertz CT molecular complexity index is 319. The molecule has 1 aliphatic rings. The van der Waals surface area contributed by atoms with Crippen LogP contribution in [0.2, 0.25) is 0 Å². The van der Waals surface area contributed by atoms with Crippen molar-refractivity contribution in [1.82, 2.24) is 0 Å². The molecule has 0 fully saturated rings. The van der Waals surface area contributed by atoms with Crippen molar-refractivity contribution >= 4 is 24.0 Å². The second-order valence-electron chi connectivity index (χ2n) is 3.46. The third-order valence-corrected chi connectivity index (χ3v) is 3.04. The molecule has 3 unspecified atom stereocenters. The van der Waals surface area contributed by atoms with Crippen molar-refractivity contribution in [2.24, 2.45) is 5.73 Å². The summed E-state index contributed by atoms with van der Waals surface area (Å²) in [5.74, 6) is 0. The SMILES string of the molecule is Cl.NC1Cc2ccccc2C(Cl)C1O. The molecule has 0 radical (unpaired) electrons. The number of halogens is 2. The van der Waals surface area contributed by atoms with E-state index in [2.05, 4.69) is 0 Å². The average Bonchev–Trinajstić information content (AvgIpc) is 2.15. The lowest BCUT2D eigenvalue weighted by atomic mass is 9.86. The molecule has 0 heterocycles. The van der Waals surface area contributed by atoms with Gasteiger partial charge in [0.15, 0.2) is 0 Å². The summed E-state index contributed by atoms with van der Waals surface area (Å²) in [7, 11) is 0. The number of rotatable bonds is 0. The summed E-state index contributed by atoms with van der Waals surface area (Å²) in [5.41, 5.74) is 7.91. The van der Waals surface area contributed by atoms with Gasteiger partial charge in [0.2, 0.25) is 0 Å². The van der Waals surface area contributed by atoms with Crippen LogP contribution in [0.15, 0.2) is 24.3 Å². The first-order valence-electron chi connectivity index (χ1n) is 4.35. The van der Waals surface area contributed by atoms with Crippen LogP contribution in [-0.2, 0) is 6.42 Å². The van der Waals surface area contributed by atoms with E-state index >= 15 is 0 Å². The number of benzene rings is 1. The molecule has 4 heteroatoms. The lowest BCUT2D eigenvalue weighted by Gasteiger charge is -2.30. The topological polar surface area (TPSA) is 46.2 Å². The molecule has 0 spiro atoms. The van der Waals surface area contributed by atoms with Gasteiger partial charge in [-0.15, -0.1) is 24.0 Å². The molecule has 2 rings (SSSR count). The van der Waals surface area contributed by atoms with Crippen molar-refractivity contribution < 1.29 is 5.11 Å². The summed E-state index contributed by atoms with van der Waals surface area (Å²) in [6, 6.07) is 7.61. The fourth-order valence-corrected chi connectivity index (χ4v) is 2.16. The number of fused-ring (bicyclic) bond motifs is 1. The molecule has 1 aromatic carbocycles. The third kappa shape index (κ3) is 1.89. The van der Waals surface area contributed by atoms with Crippen molar-refractivity contribution in [1.29, 1.82) is 0 Å². The van der Waals surface area contributed by atoms with E-state index in [0.717, 1.165) is 11.1 Å². The van der Waals surface area contributed by atoms with E-state index in [1.807, 2.05) is 24.3 Å². The Balaban J connectivity index is 0.000000980. The second kappa shape index (κ2) is 4.49. The van der Waals surface area contributed by atoms with Gasteiger partial charge in [0.05, 0.1) is 11.5 Å². The maximum Gasteiger partial charge on any atom is 0.0898 e. The van der Waals surface area contributed by atoms with Gasteiger partial charge in [-0.1, -0.05) is 24.3 Å². The van der Waals surface area contributed by atoms with Crippen LogP contribution in [0.25, 0.3) is 0 Å². The van der Waals surface area contributed by atoms with Crippen LogP contribution in [0.1, 0.15) is 16.5 Å². The molecule has 0 aliphatic heterocycles. The van der Waals surface area contributed by atoms with E-state index in [4.69, 9.17) is 17.3 Å². The normalized spacial score (nSPS) is 30.4. The molecule has 78 valence electrons. The van der Waals surface area contributed by atoms with Crippen LogP contribution in [0.3, 0.4) is 0 Å². The van der Waals surface area contributed by atoms with Gasteiger partial charge in [-0.05, 0) is 17.5 Å². The van der Waals surface area contributed by atoms with Crippen LogP contribution in [-0.4, -0.2) is 17.3 Å². The molecule has 0 saturated carbocycles. The summed E-state index contributed by atoms with van der Waals surface area (Å²) < 4.78 is 0. The van der Waals surface area contributed by atoms with Crippen LogP contribution in [0.5, 0.6) is 0 Å². The van der Waals surface area contributed by atoms with E-state index < -0.39 is 6.10 Å². The zero-order valence-electron chi connectivity index (χ0n) is 7.56. The quantitative estimate of drug-likeness (QED) is 0.670. The molecule has 0 aromatic heterocycles. The zero-order chi connectivity index (χ0) is 9.42. The molecule has 3 N–H and O–H groups in total. The summed E-state index contributed by atoms with van der Waals surface area (Å²) in [5, 5.41) is 9.27. The fourth-order valence-electron chi connectivity index (χ4n) is 1.76. The summed E-state index contributed by atoms with van der Waals surface area (Å²) in [6.45, 7) is 0. The first kappa shape index (κ1) is 11.8. The highest BCUT2D eigenvalue weighted by atomic mass is 35.5. The molecule has 3 atom stereocenters. The van der Waals surface area contributed by atoms with Crippen molar-refractivity contribution in [3.05, 3.63) is 35.4 Å². The van der Waals surface area contributed by atoms with Crippen molar-refractivity contribution in [3.63, 3.8) is 0 Å². The molecule has 0 bridgehead atoms. The van der Waals surface area contributed by atoms with Gasteiger partial charge >= 0.3 is 0 Å². The molecule has 0 saturated heterocycles. The smallest absolute Gasteiger partial charge is 0.0898 e. The van der Waals surface area contributed by atoms with E-state index in [9.17, 15) is 5.11 Å². The molecule has 2 nitrogen and oxygen atoms in total. The first-order chi connectivity index (χ1) is 6.20. The highest BCUT2D eigenvalue weighted by Crippen LogP contribution is 2.33. The van der Waals surface area contributed by atoms with E-state index in [1.54, 1.807) is 0 Å². The standard InChI is InChI=1S/C10H12ClNO.ClH/c11-9-7-4-2-1-3-6(7)5-8(12)10(9)13;/h1-4,8-10,13H,5,12H2;1H. The Morgan fingerprint density at radius 2 is 2.00 bits per heavy atom.